The molecule has 0 bridgehead atoms. The Balaban J connectivity index is 0. The van der Waals surface area contributed by atoms with E-state index in [0.717, 1.165) is 5.56 Å². The van der Waals surface area contributed by atoms with Gasteiger partial charge in [0.25, 0.3) is 0 Å². The van der Waals surface area contributed by atoms with E-state index in [9.17, 15) is 4.79 Å². The molecule has 0 radical (unpaired) electrons. The summed E-state index contributed by atoms with van der Waals surface area (Å²) in [6, 6.07) is 3.27. The van der Waals surface area contributed by atoms with Crippen LogP contribution in [0.5, 0.6) is 0 Å². The SMILES string of the molecule is Br.Br.NCc1cc[nH]c(=O)c1. The summed E-state index contributed by atoms with van der Waals surface area (Å²) in [5.41, 5.74) is 6.03. The summed E-state index contributed by atoms with van der Waals surface area (Å²) in [6.45, 7) is 0.421. The summed E-state index contributed by atoms with van der Waals surface area (Å²) in [6.07, 6.45) is 1.59. The maximum atomic E-state index is 10.5. The predicted octanol–water partition coefficient (Wildman–Crippen LogP) is 0.989. The van der Waals surface area contributed by atoms with Crippen molar-refractivity contribution in [1.29, 1.82) is 0 Å². The first-order valence-electron chi connectivity index (χ1n) is 2.70. The quantitative estimate of drug-likeness (QED) is 0.808. The number of hydrogen-bond acceptors (Lipinski definition) is 2. The molecule has 0 aliphatic rings. The van der Waals surface area contributed by atoms with Gasteiger partial charge < -0.3 is 10.7 Å². The van der Waals surface area contributed by atoms with Gasteiger partial charge >= 0.3 is 0 Å². The van der Waals surface area contributed by atoms with E-state index in [1.165, 1.54) is 6.07 Å². The predicted molar refractivity (Wildman–Crippen MR) is 55.6 cm³/mol. The topological polar surface area (TPSA) is 58.9 Å². The Labute approximate surface area is 85.5 Å². The lowest BCUT2D eigenvalue weighted by Crippen LogP contribution is -2.06. The standard InChI is InChI=1S/C6H8N2O.2BrH/c7-4-5-1-2-8-6(9)3-5;;/h1-3H,4,7H2,(H,8,9);2*1H. The molecule has 64 valence electrons. The minimum atomic E-state index is -0.0991. The molecule has 0 unspecified atom stereocenters. The normalized spacial score (nSPS) is 7.73. The first-order valence-corrected chi connectivity index (χ1v) is 2.70. The number of hydrogen-bond donors (Lipinski definition) is 2. The Kier molecular flexibility index (Phi) is 8.04. The van der Waals surface area contributed by atoms with Crippen LogP contribution < -0.4 is 11.3 Å². The van der Waals surface area contributed by atoms with Crippen LogP contribution >= 0.6 is 34.0 Å². The summed E-state index contributed by atoms with van der Waals surface area (Å²) in [4.78, 5) is 13.0. The van der Waals surface area contributed by atoms with Crippen LogP contribution in [0.25, 0.3) is 0 Å². The average Bonchev–Trinajstić information content (AvgIpc) is 1.88. The monoisotopic (exact) mass is 284 g/mol. The van der Waals surface area contributed by atoms with Crippen molar-refractivity contribution in [2.75, 3.05) is 0 Å². The zero-order valence-electron chi connectivity index (χ0n) is 5.74. The molecule has 0 spiro atoms. The molecule has 1 heterocycles. The van der Waals surface area contributed by atoms with E-state index in [2.05, 4.69) is 4.98 Å². The number of aromatic amines is 1. The smallest absolute Gasteiger partial charge is 0.248 e. The van der Waals surface area contributed by atoms with Crippen LogP contribution in [0.1, 0.15) is 5.56 Å². The Morgan fingerprint density at radius 3 is 2.45 bits per heavy atom. The van der Waals surface area contributed by atoms with Crippen molar-refractivity contribution in [3.8, 4) is 0 Å². The van der Waals surface area contributed by atoms with Crippen molar-refractivity contribution in [2.45, 2.75) is 6.54 Å². The van der Waals surface area contributed by atoms with Crippen LogP contribution in [-0.4, -0.2) is 4.98 Å². The highest BCUT2D eigenvalue weighted by atomic mass is 79.9. The highest BCUT2D eigenvalue weighted by Gasteiger charge is 1.85. The molecule has 1 aromatic heterocycles. The van der Waals surface area contributed by atoms with Gasteiger partial charge in [0.2, 0.25) is 5.56 Å². The van der Waals surface area contributed by atoms with Crippen LogP contribution in [0, 0.1) is 0 Å². The minimum Gasteiger partial charge on any atom is -0.329 e. The number of aromatic nitrogens is 1. The minimum absolute atomic E-state index is 0. The van der Waals surface area contributed by atoms with Crippen LogP contribution in [0.2, 0.25) is 0 Å². The van der Waals surface area contributed by atoms with Gasteiger partial charge in [0.15, 0.2) is 0 Å². The molecule has 3 N–H and O–H groups in total. The van der Waals surface area contributed by atoms with E-state index in [1.807, 2.05) is 0 Å². The summed E-state index contributed by atoms with van der Waals surface area (Å²) in [5, 5.41) is 0. The van der Waals surface area contributed by atoms with Gasteiger partial charge in [0.1, 0.15) is 0 Å². The third-order valence-electron chi connectivity index (χ3n) is 1.08. The highest BCUT2D eigenvalue weighted by Crippen LogP contribution is 1.87. The lowest BCUT2D eigenvalue weighted by Gasteiger charge is -1.90. The molecule has 1 aromatic rings. The second-order valence-corrected chi connectivity index (χ2v) is 1.77. The van der Waals surface area contributed by atoms with Crippen molar-refractivity contribution in [3.05, 3.63) is 34.2 Å². The molecule has 0 saturated carbocycles. The van der Waals surface area contributed by atoms with Crippen LogP contribution in [0.3, 0.4) is 0 Å². The van der Waals surface area contributed by atoms with Gasteiger partial charge in [-0.15, -0.1) is 34.0 Å². The summed E-state index contributed by atoms with van der Waals surface area (Å²) in [7, 11) is 0. The molecule has 5 heteroatoms. The van der Waals surface area contributed by atoms with Crippen LogP contribution in [0.4, 0.5) is 0 Å². The summed E-state index contributed by atoms with van der Waals surface area (Å²) in [5.74, 6) is 0. The van der Waals surface area contributed by atoms with E-state index in [0.29, 0.717) is 6.54 Å². The number of halogens is 2. The molecule has 0 fully saturated rings. The maximum absolute atomic E-state index is 10.5. The van der Waals surface area contributed by atoms with Crippen molar-refractivity contribution < 1.29 is 0 Å². The van der Waals surface area contributed by atoms with Gasteiger partial charge in [0, 0.05) is 18.8 Å². The molecular weight excluding hydrogens is 276 g/mol. The first-order chi connectivity index (χ1) is 4.33. The number of H-pyrrole nitrogens is 1. The molecule has 0 aromatic carbocycles. The van der Waals surface area contributed by atoms with Crippen molar-refractivity contribution in [2.24, 2.45) is 5.73 Å². The summed E-state index contributed by atoms with van der Waals surface area (Å²) < 4.78 is 0. The number of rotatable bonds is 1. The van der Waals surface area contributed by atoms with Crippen molar-refractivity contribution >= 4 is 34.0 Å². The van der Waals surface area contributed by atoms with E-state index < -0.39 is 0 Å². The Hall–Kier alpha value is -0.130. The molecule has 0 saturated heterocycles. The van der Waals surface area contributed by atoms with E-state index >= 15 is 0 Å². The average molecular weight is 286 g/mol. The Morgan fingerprint density at radius 2 is 2.09 bits per heavy atom. The lowest BCUT2D eigenvalue weighted by molar-refractivity contribution is 1.05. The molecular formula is C6H10Br2N2O. The first kappa shape index (κ1) is 13.5. The van der Waals surface area contributed by atoms with Gasteiger partial charge in [-0.05, 0) is 11.6 Å². The number of nitrogens with two attached hydrogens (primary N) is 1. The zero-order chi connectivity index (χ0) is 6.69. The number of nitrogens with one attached hydrogen (secondary N) is 1. The highest BCUT2D eigenvalue weighted by molar-refractivity contribution is 8.93. The second kappa shape index (κ2) is 6.57. The summed E-state index contributed by atoms with van der Waals surface area (Å²) >= 11 is 0. The van der Waals surface area contributed by atoms with E-state index in [4.69, 9.17) is 5.73 Å². The van der Waals surface area contributed by atoms with Gasteiger partial charge in [0.05, 0.1) is 0 Å². The molecule has 0 amide bonds. The van der Waals surface area contributed by atoms with Crippen molar-refractivity contribution in [3.63, 3.8) is 0 Å². The fourth-order valence-corrected chi connectivity index (χ4v) is 0.616. The van der Waals surface area contributed by atoms with Crippen LogP contribution in [-0.2, 0) is 6.54 Å². The largest absolute Gasteiger partial charge is 0.329 e. The third-order valence-corrected chi connectivity index (χ3v) is 1.08. The fraction of sp³-hybridized carbons (Fsp3) is 0.167. The molecule has 0 atom stereocenters. The Morgan fingerprint density at radius 1 is 1.45 bits per heavy atom. The molecule has 0 aliphatic heterocycles. The van der Waals surface area contributed by atoms with Gasteiger partial charge in [-0.3, -0.25) is 4.79 Å². The molecule has 0 aliphatic carbocycles. The van der Waals surface area contributed by atoms with Gasteiger partial charge in [-0.25, -0.2) is 0 Å². The van der Waals surface area contributed by atoms with E-state index in [-0.39, 0.29) is 39.5 Å². The maximum Gasteiger partial charge on any atom is 0.248 e. The fourth-order valence-electron chi connectivity index (χ4n) is 0.616. The number of pyridine rings is 1. The Bertz CT molecular complexity index is 248. The van der Waals surface area contributed by atoms with Crippen molar-refractivity contribution in [1.82, 2.24) is 4.98 Å². The lowest BCUT2D eigenvalue weighted by atomic mass is 10.3. The molecule has 3 nitrogen and oxygen atoms in total. The van der Waals surface area contributed by atoms with Gasteiger partial charge in [-0.1, -0.05) is 0 Å². The van der Waals surface area contributed by atoms with Gasteiger partial charge in [-0.2, -0.15) is 0 Å². The van der Waals surface area contributed by atoms with E-state index in [1.54, 1.807) is 12.3 Å². The van der Waals surface area contributed by atoms with Crippen LogP contribution in [0.15, 0.2) is 23.1 Å². The molecule has 1 rings (SSSR count). The zero-order valence-corrected chi connectivity index (χ0v) is 9.17. The molecule has 11 heavy (non-hydrogen) atoms. The second-order valence-electron chi connectivity index (χ2n) is 1.77. The third kappa shape index (κ3) is 4.34.